The van der Waals surface area contributed by atoms with Gasteiger partial charge in [0.05, 0.1) is 4.90 Å². The molecule has 1 aromatic rings. The predicted molar refractivity (Wildman–Crippen MR) is 66.1 cm³/mol. The van der Waals surface area contributed by atoms with Crippen LogP contribution in [0.3, 0.4) is 0 Å². The third-order valence-corrected chi connectivity index (χ3v) is 4.64. The van der Waals surface area contributed by atoms with Crippen LogP contribution >= 0.6 is 15.9 Å². The van der Waals surface area contributed by atoms with Gasteiger partial charge in [-0.25, -0.2) is 12.8 Å². The normalized spacial score (nSPS) is 13.3. The molecule has 0 aliphatic rings. The van der Waals surface area contributed by atoms with Crippen LogP contribution in [-0.2, 0) is 14.8 Å². The van der Waals surface area contributed by atoms with Crippen LogP contribution in [0.1, 0.15) is 13.3 Å². The lowest BCUT2D eigenvalue weighted by molar-refractivity contribution is -0.139. The fourth-order valence-corrected chi connectivity index (χ4v) is 3.57. The molecule has 0 unspecified atom stereocenters. The Morgan fingerprint density at radius 3 is 2.61 bits per heavy atom. The van der Waals surface area contributed by atoms with Crippen molar-refractivity contribution in [1.29, 1.82) is 0 Å². The zero-order valence-corrected chi connectivity index (χ0v) is 11.8. The van der Waals surface area contributed by atoms with Crippen molar-refractivity contribution in [2.24, 2.45) is 0 Å². The lowest BCUT2D eigenvalue weighted by atomic mass is 10.2. The zero-order valence-electron chi connectivity index (χ0n) is 9.35. The molecule has 2 N–H and O–H groups in total. The van der Waals surface area contributed by atoms with E-state index in [9.17, 15) is 17.6 Å². The zero-order chi connectivity index (χ0) is 13.9. The Kier molecular flexibility index (Phi) is 4.83. The number of aliphatic carboxylic acids is 1. The van der Waals surface area contributed by atoms with Crippen molar-refractivity contribution in [3.63, 3.8) is 0 Å². The molecule has 1 rings (SSSR count). The number of hydrogen-bond acceptors (Lipinski definition) is 3. The van der Waals surface area contributed by atoms with E-state index in [0.29, 0.717) is 0 Å². The number of carboxylic acids is 1. The van der Waals surface area contributed by atoms with Crippen LogP contribution < -0.4 is 4.72 Å². The molecule has 0 aromatic heterocycles. The summed E-state index contributed by atoms with van der Waals surface area (Å²) < 4.78 is 38.8. The van der Waals surface area contributed by atoms with Crippen molar-refractivity contribution in [2.45, 2.75) is 24.3 Å². The first-order valence-electron chi connectivity index (χ1n) is 4.98. The van der Waals surface area contributed by atoms with Gasteiger partial charge >= 0.3 is 5.97 Å². The van der Waals surface area contributed by atoms with Gasteiger partial charge in [0.2, 0.25) is 10.0 Å². The summed E-state index contributed by atoms with van der Waals surface area (Å²) in [4.78, 5) is 10.6. The second kappa shape index (κ2) is 5.77. The Morgan fingerprint density at radius 1 is 1.56 bits per heavy atom. The first-order valence-corrected chi connectivity index (χ1v) is 7.25. The van der Waals surface area contributed by atoms with Gasteiger partial charge in [-0.3, -0.25) is 4.79 Å². The number of rotatable bonds is 5. The van der Waals surface area contributed by atoms with Crippen molar-refractivity contribution in [2.75, 3.05) is 0 Å². The van der Waals surface area contributed by atoms with E-state index in [1.165, 1.54) is 0 Å². The fraction of sp³-hybridized carbons (Fsp3) is 0.300. The van der Waals surface area contributed by atoms with Crippen molar-refractivity contribution in [1.82, 2.24) is 4.72 Å². The molecular weight excluding hydrogens is 329 g/mol. The van der Waals surface area contributed by atoms with Crippen molar-refractivity contribution in [3.05, 3.63) is 28.5 Å². The number of halogens is 2. The third-order valence-electron chi connectivity index (χ3n) is 2.19. The van der Waals surface area contributed by atoms with Crippen LogP contribution in [0.2, 0.25) is 0 Å². The summed E-state index contributed by atoms with van der Waals surface area (Å²) in [7, 11) is -4.01. The molecular formula is C10H11BrFNO4S. The van der Waals surface area contributed by atoms with Gasteiger partial charge in [-0.15, -0.1) is 0 Å². The molecule has 0 amide bonds. The van der Waals surface area contributed by atoms with Gasteiger partial charge in [0, 0.05) is 4.47 Å². The van der Waals surface area contributed by atoms with Crippen molar-refractivity contribution >= 4 is 31.9 Å². The minimum Gasteiger partial charge on any atom is -0.480 e. The molecule has 0 saturated heterocycles. The number of benzene rings is 1. The first-order chi connectivity index (χ1) is 8.27. The van der Waals surface area contributed by atoms with Gasteiger partial charge in [-0.05, 0) is 40.5 Å². The van der Waals surface area contributed by atoms with Crippen molar-refractivity contribution in [3.8, 4) is 0 Å². The fourth-order valence-electron chi connectivity index (χ4n) is 1.25. The number of sulfonamides is 1. The largest absolute Gasteiger partial charge is 0.480 e. The van der Waals surface area contributed by atoms with Gasteiger partial charge in [0.1, 0.15) is 11.9 Å². The van der Waals surface area contributed by atoms with Gasteiger partial charge in [-0.1, -0.05) is 6.92 Å². The van der Waals surface area contributed by atoms with E-state index < -0.39 is 27.9 Å². The maximum Gasteiger partial charge on any atom is 0.321 e. The molecule has 18 heavy (non-hydrogen) atoms. The maximum atomic E-state index is 12.9. The molecule has 0 heterocycles. The number of nitrogens with one attached hydrogen (secondary N) is 1. The monoisotopic (exact) mass is 339 g/mol. The van der Waals surface area contributed by atoms with Gasteiger partial charge in [-0.2, -0.15) is 4.72 Å². The summed E-state index contributed by atoms with van der Waals surface area (Å²) in [6.07, 6.45) is 0.105. The quantitative estimate of drug-likeness (QED) is 0.855. The summed E-state index contributed by atoms with van der Waals surface area (Å²) in [5.74, 6) is -1.86. The average Bonchev–Trinajstić information content (AvgIpc) is 2.24. The molecule has 8 heteroatoms. The molecule has 0 aliphatic heterocycles. The summed E-state index contributed by atoms with van der Waals surface area (Å²) >= 11 is 2.93. The van der Waals surface area contributed by atoms with Gasteiger partial charge in [0.25, 0.3) is 0 Å². The Morgan fingerprint density at radius 2 is 2.17 bits per heavy atom. The summed E-state index contributed by atoms with van der Waals surface area (Å²) in [5, 5.41) is 8.80. The van der Waals surface area contributed by atoms with Crippen LogP contribution in [-0.4, -0.2) is 25.5 Å². The molecule has 5 nitrogen and oxygen atoms in total. The SMILES string of the molecule is CC[C@@H](NS(=O)(=O)c1ccc(F)cc1Br)C(=O)O. The Balaban J connectivity index is 3.10. The van der Waals surface area contributed by atoms with Crippen LogP contribution in [0.15, 0.2) is 27.6 Å². The van der Waals surface area contributed by atoms with Crippen LogP contribution in [0.4, 0.5) is 4.39 Å². The van der Waals surface area contributed by atoms with E-state index in [1.54, 1.807) is 6.92 Å². The molecule has 0 bridgehead atoms. The highest BCUT2D eigenvalue weighted by atomic mass is 79.9. The number of hydrogen-bond donors (Lipinski definition) is 2. The highest BCUT2D eigenvalue weighted by Gasteiger charge is 2.25. The molecule has 0 aliphatic carbocycles. The molecule has 0 fully saturated rings. The second-order valence-electron chi connectivity index (χ2n) is 3.50. The average molecular weight is 340 g/mol. The van der Waals surface area contributed by atoms with Crippen LogP contribution in [0.25, 0.3) is 0 Å². The predicted octanol–water partition coefficient (Wildman–Crippen LogP) is 1.73. The minimum atomic E-state index is -4.01. The van der Waals surface area contributed by atoms with E-state index in [1.807, 2.05) is 4.72 Å². The summed E-state index contributed by atoms with van der Waals surface area (Å²) in [6, 6.07) is 1.83. The number of carbonyl (C=O) groups is 1. The first kappa shape index (κ1) is 15.1. The number of carboxylic acid groups (broad SMARTS) is 1. The van der Waals surface area contributed by atoms with E-state index in [0.717, 1.165) is 18.2 Å². The van der Waals surface area contributed by atoms with Crippen molar-refractivity contribution < 1.29 is 22.7 Å². The lowest BCUT2D eigenvalue weighted by Crippen LogP contribution is -2.40. The van der Waals surface area contributed by atoms with E-state index in [4.69, 9.17) is 5.11 Å². The Hall–Kier alpha value is -0.990. The smallest absolute Gasteiger partial charge is 0.321 e. The summed E-state index contributed by atoms with van der Waals surface area (Å²) in [6.45, 7) is 1.54. The minimum absolute atomic E-state index is 0.0373. The van der Waals surface area contributed by atoms with Crippen LogP contribution in [0, 0.1) is 5.82 Å². The van der Waals surface area contributed by atoms with E-state index in [2.05, 4.69) is 15.9 Å². The van der Waals surface area contributed by atoms with E-state index >= 15 is 0 Å². The molecule has 100 valence electrons. The molecule has 1 aromatic carbocycles. The van der Waals surface area contributed by atoms with Gasteiger partial charge < -0.3 is 5.11 Å². The molecule has 1 atom stereocenters. The second-order valence-corrected chi connectivity index (χ2v) is 6.03. The standard InChI is InChI=1S/C10H11BrFNO4S/c1-2-8(10(14)15)13-18(16,17)9-4-3-6(12)5-7(9)11/h3-5,8,13H,2H2,1H3,(H,14,15)/t8-/m1/s1. The third kappa shape index (κ3) is 3.50. The lowest BCUT2D eigenvalue weighted by Gasteiger charge is -2.13. The summed E-state index contributed by atoms with van der Waals surface area (Å²) in [5.41, 5.74) is 0. The Labute approximate surface area is 112 Å². The van der Waals surface area contributed by atoms with Gasteiger partial charge in [0.15, 0.2) is 0 Å². The van der Waals surface area contributed by atoms with Crippen LogP contribution in [0.5, 0.6) is 0 Å². The maximum absolute atomic E-state index is 12.9. The molecule has 0 saturated carbocycles. The highest BCUT2D eigenvalue weighted by molar-refractivity contribution is 9.10. The molecule has 0 spiro atoms. The topological polar surface area (TPSA) is 83.5 Å². The highest BCUT2D eigenvalue weighted by Crippen LogP contribution is 2.23. The van der Waals surface area contributed by atoms with E-state index in [-0.39, 0.29) is 15.8 Å². The Bertz CT molecular complexity index is 561. The molecule has 0 radical (unpaired) electrons.